The van der Waals surface area contributed by atoms with Gasteiger partial charge in [0.15, 0.2) is 0 Å². The molecule has 3 nitrogen and oxygen atoms in total. The number of nitrogens with two attached hydrogens (primary N) is 1. The molecule has 1 fully saturated rings. The van der Waals surface area contributed by atoms with E-state index in [-0.39, 0.29) is 5.41 Å². The molecule has 1 aromatic rings. The lowest BCUT2D eigenvalue weighted by molar-refractivity contribution is 0.116. The van der Waals surface area contributed by atoms with E-state index < -0.39 is 0 Å². The normalized spacial score (nSPS) is 17.8. The zero-order chi connectivity index (χ0) is 11.1. The van der Waals surface area contributed by atoms with Gasteiger partial charge in [0.2, 0.25) is 0 Å². The van der Waals surface area contributed by atoms with Crippen molar-refractivity contribution in [2.24, 2.45) is 5.90 Å². The molecule has 0 bridgehead atoms. The summed E-state index contributed by atoms with van der Waals surface area (Å²) in [6.45, 7) is 4.41. The van der Waals surface area contributed by atoms with E-state index in [9.17, 15) is 5.11 Å². The third-order valence-electron chi connectivity index (χ3n) is 3.32. The van der Waals surface area contributed by atoms with Crippen LogP contribution in [0.15, 0.2) is 12.1 Å². The second kappa shape index (κ2) is 3.51. The van der Waals surface area contributed by atoms with Crippen molar-refractivity contribution in [3.8, 4) is 5.75 Å². The molecule has 0 aliphatic heterocycles. The average Bonchev–Trinajstić information content (AvgIpc) is 2.95. The Kier molecular flexibility index (Phi) is 2.44. The monoisotopic (exact) mass is 207 g/mol. The van der Waals surface area contributed by atoms with Gasteiger partial charge >= 0.3 is 0 Å². The molecule has 3 heteroatoms. The van der Waals surface area contributed by atoms with E-state index in [1.165, 1.54) is 5.56 Å². The Balaban J connectivity index is 2.37. The van der Waals surface area contributed by atoms with Crippen molar-refractivity contribution < 1.29 is 9.94 Å². The first-order valence-electron chi connectivity index (χ1n) is 5.21. The maximum Gasteiger partial charge on any atom is 0.121 e. The zero-order valence-corrected chi connectivity index (χ0v) is 9.21. The Labute approximate surface area is 89.8 Å². The quantitative estimate of drug-likeness (QED) is 0.745. The second-order valence-corrected chi connectivity index (χ2v) is 4.55. The summed E-state index contributed by atoms with van der Waals surface area (Å²) in [5, 5.41) is 9.69. The molecule has 0 saturated heterocycles. The second-order valence-electron chi connectivity index (χ2n) is 4.55. The van der Waals surface area contributed by atoms with Gasteiger partial charge in [0.05, 0.1) is 6.61 Å². The average molecular weight is 207 g/mol. The molecular weight excluding hydrogens is 190 g/mol. The van der Waals surface area contributed by atoms with Gasteiger partial charge in [0.25, 0.3) is 0 Å². The largest absolute Gasteiger partial charge is 0.507 e. The minimum absolute atomic E-state index is 0.109. The van der Waals surface area contributed by atoms with Crippen molar-refractivity contribution in [3.05, 3.63) is 28.8 Å². The molecule has 1 aliphatic carbocycles. The summed E-state index contributed by atoms with van der Waals surface area (Å²) in [5.41, 5.74) is 3.19. The van der Waals surface area contributed by atoms with Gasteiger partial charge in [-0.3, -0.25) is 0 Å². The van der Waals surface area contributed by atoms with Crippen molar-refractivity contribution in [3.63, 3.8) is 0 Å². The Morgan fingerprint density at radius 3 is 2.27 bits per heavy atom. The fourth-order valence-corrected chi connectivity index (χ4v) is 2.09. The Bertz CT molecular complexity index is 360. The van der Waals surface area contributed by atoms with Crippen molar-refractivity contribution >= 4 is 0 Å². The minimum Gasteiger partial charge on any atom is -0.507 e. The predicted octanol–water partition coefficient (Wildman–Crippen LogP) is 1.93. The van der Waals surface area contributed by atoms with Crippen LogP contribution in [-0.2, 0) is 10.3 Å². The summed E-state index contributed by atoms with van der Waals surface area (Å²) in [6.07, 6.45) is 2.24. The van der Waals surface area contributed by atoms with Crippen molar-refractivity contribution in [2.45, 2.75) is 32.1 Å². The number of hydrogen-bond acceptors (Lipinski definition) is 3. The van der Waals surface area contributed by atoms with Gasteiger partial charge < -0.3 is 9.94 Å². The minimum atomic E-state index is 0.109. The summed E-state index contributed by atoms with van der Waals surface area (Å²) < 4.78 is 0. The Morgan fingerprint density at radius 1 is 1.33 bits per heavy atom. The Hall–Kier alpha value is -1.06. The molecule has 15 heavy (non-hydrogen) atoms. The summed E-state index contributed by atoms with van der Waals surface area (Å²) in [5.74, 6) is 5.54. The molecule has 0 spiro atoms. The summed E-state index contributed by atoms with van der Waals surface area (Å²) in [6, 6.07) is 4.07. The molecule has 0 heterocycles. The smallest absolute Gasteiger partial charge is 0.121 e. The first-order valence-corrected chi connectivity index (χ1v) is 5.21. The van der Waals surface area contributed by atoms with Crippen LogP contribution in [-0.4, -0.2) is 11.7 Å². The molecule has 0 atom stereocenters. The predicted molar refractivity (Wildman–Crippen MR) is 58.6 cm³/mol. The van der Waals surface area contributed by atoms with E-state index in [1.54, 1.807) is 0 Å². The molecule has 0 aromatic heterocycles. The van der Waals surface area contributed by atoms with Crippen LogP contribution in [0.5, 0.6) is 5.75 Å². The highest BCUT2D eigenvalue weighted by Gasteiger charge is 2.44. The summed E-state index contributed by atoms with van der Waals surface area (Å²) in [7, 11) is 0. The van der Waals surface area contributed by atoms with Gasteiger partial charge in [-0.2, -0.15) is 0 Å². The molecule has 2 rings (SSSR count). The van der Waals surface area contributed by atoms with Crippen molar-refractivity contribution in [1.29, 1.82) is 0 Å². The number of phenolic OH excluding ortho intramolecular Hbond substituents is 1. The fraction of sp³-hybridized carbons (Fsp3) is 0.500. The SMILES string of the molecule is Cc1cc(C2(CON)CC2)cc(C)c1O. The molecular formula is C12H17NO2. The molecule has 0 radical (unpaired) electrons. The van der Waals surface area contributed by atoms with Gasteiger partial charge in [-0.15, -0.1) is 0 Å². The van der Waals surface area contributed by atoms with Gasteiger partial charge in [0, 0.05) is 5.41 Å². The maximum atomic E-state index is 9.69. The first-order chi connectivity index (χ1) is 7.09. The van der Waals surface area contributed by atoms with Crippen LogP contribution in [0.1, 0.15) is 29.5 Å². The number of rotatable bonds is 3. The van der Waals surface area contributed by atoms with E-state index in [2.05, 4.69) is 0 Å². The van der Waals surface area contributed by atoms with E-state index in [1.807, 2.05) is 26.0 Å². The van der Waals surface area contributed by atoms with Gasteiger partial charge in [0.1, 0.15) is 5.75 Å². The zero-order valence-electron chi connectivity index (χ0n) is 9.21. The number of aryl methyl sites for hydroxylation is 2. The van der Waals surface area contributed by atoms with Gasteiger partial charge in [-0.25, -0.2) is 5.90 Å². The van der Waals surface area contributed by atoms with Crippen LogP contribution < -0.4 is 5.90 Å². The van der Waals surface area contributed by atoms with Crippen molar-refractivity contribution in [1.82, 2.24) is 0 Å². The maximum absolute atomic E-state index is 9.69. The van der Waals surface area contributed by atoms with E-state index >= 15 is 0 Å². The van der Waals surface area contributed by atoms with Gasteiger partial charge in [-0.05, 0) is 43.4 Å². The van der Waals surface area contributed by atoms with Crippen molar-refractivity contribution in [2.75, 3.05) is 6.61 Å². The lowest BCUT2D eigenvalue weighted by Crippen LogP contribution is -2.18. The fourth-order valence-electron chi connectivity index (χ4n) is 2.09. The molecule has 0 unspecified atom stereocenters. The third-order valence-corrected chi connectivity index (χ3v) is 3.32. The summed E-state index contributed by atoms with van der Waals surface area (Å²) >= 11 is 0. The molecule has 3 N–H and O–H groups in total. The third kappa shape index (κ3) is 1.73. The van der Waals surface area contributed by atoms with Crippen LogP contribution in [0.3, 0.4) is 0 Å². The van der Waals surface area contributed by atoms with Crippen LogP contribution in [0.25, 0.3) is 0 Å². The number of benzene rings is 1. The first kappa shape index (κ1) is 10.5. The lowest BCUT2D eigenvalue weighted by atomic mass is 9.93. The van der Waals surface area contributed by atoms with Crippen LogP contribution in [0.4, 0.5) is 0 Å². The van der Waals surface area contributed by atoms with E-state index in [0.717, 1.165) is 24.0 Å². The van der Waals surface area contributed by atoms with E-state index in [4.69, 9.17) is 10.7 Å². The van der Waals surface area contributed by atoms with Crippen LogP contribution in [0.2, 0.25) is 0 Å². The number of phenols is 1. The molecule has 1 aromatic carbocycles. The number of hydrogen-bond donors (Lipinski definition) is 2. The lowest BCUT2D eigenvalue weighted by Gasteiger charge is -2.16. The van der Waals surface area contributed by atoms with Crippen LogP contribution >= 0.6 is 0 Å². The highest BCUT2D eigenvalue weighted by Crippen LogP contribution is 2.49. The standard InChI is InChI=1S/C12H17NO2/c1-8-5-10(6-9(2)11(8)14)12(3-4-12)7-15-13/h5-6,14H,3-4,7,13H2,1-2H3. The highest BCUT2D eigenvalue weighted by molar-refractivity contribution is 5.46. The Morgan fingerprint density at radius 2 is 1.87 bits per heavy atom. The molecule has 82 valence electrons. The van der Waals surface area contributed by atoms with Crippen LogP contribution in [0, 0.1) is 13.8 Å². The molecule has 1 saturated carbocycles. The highest BCUT2D eigenvalue weighted by atomic mass is 16.6. The topological polar surface area (TPSA) is 55.5 Å². The number of aromatic hydroxyl groups is 1. The molecule has 1 aliphatic rings. The molecule has 0 amide bonds. The van der Waals surface area contributed by atoms with E-state index in [0.29, 0.717) is 12.4 Å². The van der Waals surface area contributed by atoms with Gasteiger partial charge in [-0.1, -0.05) is 12.1 Å². The summed E-state index contributed by atoms with van der Waals surface area (Å²) in [4.78, 5) is 4.77.